The van der Waals surface area contributed by atoms with Gasteiger partial charge in [0, 0.05) is 6.20 Å². The van der Waals surface area contributed by atoms with Crippen molar-refractivity contribution in [1.29, 1.82) is 0 Å². The second-order valence-corrected chi connectivity index (χ2v) is 3.95. The van der Waals surface area contributed by atoms with Gasteiger partial charge in [-0.1, -0.05) is 0 Å². The van der Waals surface area contributed by atoms with Crippen LogP contribution in [-0.2, 0) is 0 Å². The number of hydrogen-bond acceptors (Lipinski definition) is 6. The predicted octanol–water partition coefficient (Wildman–Crippen LogP) is 1.19. The van der Waals surface area contributed by atoms with Crippen LogP contribution in [0, 0.1) is 6.92 Å². The van der Waals surface area contributed by atoms with Gasteiger partial charge in [0.25, 0.3) is 0 Å². The SMILES string of the molecule is Cc1nc(-c2cncs2)nc(N)c1C(=O)O. The van der Waals surface area contributed by atoms with E-state index >= 15 is 0 Å². The van der Waals surface area contributed by atoms with Crippen molar-refractivity contribution in [1.82, 2.24) is 15.0 Å². The van der Waals surface area contributed by atoms with E-state index in [1.165, 1.54) is 11.3 Å². The van der Waals surface area contributed by atoms with E-state index in [-0.39, 0.29) is 11.4 Å². The number of hydrogen-bond donors (Lipinski definition) is 2. The largest absolute Gasteiger partial charge is 0.477 e. The van der Waals surface area contributed by atoms with Crippen LogP contribution in [0.4, 0.5) is 5.82 Å². The van der Waals surface area contributed by atoms with Crippen LogP contribution >= 0.6 is 11.3 Å². The van der Waals surface area contributed by atoms with E-state index in [1.807, 2.05) is 0 Å². The number of nitrogens with two attached hydrogens (primary N) is 1. The highest BCUT2D eigenvalue weighted by Gasteiger charge is 2.16. The molecule has 0 aliphatic carbocycles. The lowest BCUT2D eigenvalue weighted by atomic mass is 10.2. The van der Waals surface area contributed by atoms with Crippen LogP contribution in [0.2, 0.25) is 0 Å². The summed E-state index contributed by atoms with van der Waals surface area (Å²) < 4.78 is 0. The summed E-state index contributed by atoms with van der Waals surface area (Å²) in [6.45, 7) is 1.59. The molecule has 6 nitrogen and oxygen atoms in total. The number of anilines is 1. The zero-order valence-corrected chi connectivity index (χ0v) is 9.15. The van der Waals surface area contributed by atoms with Gasteiger partial charge in [0.05, 0.1) is 16.1 Å². The van der Waals surface area contributed by atoms with Gasteiger partial charge in [-0.3, -0.25) is 4.98 Å². The summed E-state index contributed by atoms with van der Waals surface area (Å²) >= 11 is 1.37. The van der Waals surface area contributed by atoms with Crippen LogP contribution in [-0.4, -0.2) is 26.0 Å². The Morgan fingerprint density at radius 2 is 2.25 bits per heavy atom. The molecule has 0 aromatic carbocycles. The second-order valence-electron chi connectivity index (χ2n) is 3.06. The van der Waals surface area contributed by atoms with Crippen molar-refractivity contribution in [2.24, 2.45) is 0 Å². The zero-order valence-electron chi connectivity index (χ0n) is 8.34. The van der Waals surface area contributed by atoms with Crippen LogP contribution < -0.4 is 5.73 Å². The molecule has 0 unspecified atom stereocenters. The summed E-state index contributed by atoms with van der Waals surface area (Å²) in [4.78, 5) is 23.6. The van der Waals surface area contributed by atoms with Gasteiger partial charge in [0.15, 0.2) is 5.82 Å². The topological polar surface area (TPSA) is 102 Å². The van der Waals surface area contributed by atoms with E-state index in [0.29, 0.717) is 11.5 Å². The number of carboxylic acid groups (broad SMARTS) is 1. The van der Waals surface area contributed by atoms with E-state index in [9.17, 15) is 4.79 Å². The smallest absolute Gasteiger partial charge is 0.341 e. The Balaban J connectivity index is 2.58. The molecule has 0 aliphatic rings. The first-order valence-electron chi connectivity index (χ1n) is 4.36. The molecule has 0 spiro atoms. The molecule has 2 rings (SSSR count). The van der Waals surface area contributed by atoms with Gasteiger partial charge < -0.3 is 10.8 Å². The highest BCUT2D eigenvalue weighted by molar-refractivity contribution is 7.13. The van der Waals surface area contributed by atoms with Gasteiger partial charge in [-0.2, -0.15) is 0 Å². The number of carboxylic acids is 1. The number of aryl methyl sites for hydroxylation is 1. The molecule has 82 valence electrons. The molecule has 7 heteroatoms. The highest BCUT2D eigenvalue weighted by atomic mass is 32.1. The summed E-state index contributed by atoms with van der Waals surface area (Å²) in [5, 5.41) is 8.90. The van der Waals surface area contributed by atoms with Crippen molar-refractivity contribution in [3.05, 3.63) is 23.0 Å². The number of nitrogens with zero attached hydrogens (tertiary/aromatic N) is 3. The summed E-state index contributed by atoms with van der Waals surface area (Å²) in [6, 6.07) is 0. The maximum atomic E-state index is 10.9. The van der Waals surface area contributed by atoms with Crippen molar-refractivity contribution >= 4 is 23.1 Å². The minimum atomic E-state index is -1.12. The number of aromatic nitrogens is 3. The second kappa shape index (κ2) is 3.86. The fourth-order valence-electron chi connectivity index (χ4n) is 1.30. The molecule has 0 saturated heterocycles. The lowest BCUT2D eigenvalue weighted by Crippen LogP contribution is -2.10. The summed E-state index contributed by atoms with van der Waals surface area (Å²) in [6.07, 6.45) is 1.61. The van der Waals surface area contributed by atoms with Crippen LogP contribution in [0.25, 0.3) is 10.7 Å². The Labute approximate surface area is 94.8 Å². The number of carbonyl (C=O) groups is 1. The average molecular weight is 236 g/mol. The molecule has 2 aromatic rings. The van der Waals surface area contributed by atoms with Crippen LogP contribution in [0.5, 0.6) is 0 Å². The standard InChI is InChI=1S/C9H8N4O2S/c1-4-6(9(14)15)7(10)13-8(12-4)5-2-11-3-16-5/h2-3H,1H3,(H,14,15)(H2,10,12,13). The average Bonchev–Trinajstić information content (AvgIpc) is 2.67. The van der Waals surface area contributed by atoms with Crippen LogP contribution in [0.15, 0.2) is 11.7 Å². The molecule has 0 radical (unpaired) electrons. The first-order valence-corrected chi connectivity index (χ1v) is 5.24. The maximum absolute atomic E-state index is 10.9. The third-order valence-electron chi connectivity index (χ3n) is 1.98. The Bertz CT molecular complexity index is 515. The summed E-state index contributed by atoms with van der Waals surface area (Å²) in [5.41, 5.74) is 7.53. The fraction of sp³-hybridized carbons (Fsp3) is 0.111. The van der Waals surface area contributed by atoms with Crippen molar-refractivity contribution in [2.45, 2.75) is 6.92 Å². The lowest BCUT2D eigenvalue weighted by molar-refractivity contribution is 0.0696. The Hall–Kier alpha value is -2.02. The first kappa shape index (κ1) is 10.5. The van der Waals surface area contributed by atoms with Gasteiger partial charge in [0.1, 0.15) is 11.4 Å². The fourth-order valence-corrected chi connectivity index (χ4v) is 1.85. The van der Waals surface area contributed by atoms with Crippen LogP contribution in [0.1, 0.15) is 16.1 Å². The Morgan fingerprint density at radius 1 is 1.50 bits per heavy atom. The van der Waals surface area contributed by atoms with Gasteiger partial charge in [-0.05, 0) is 6.92 Å². The molecular formula is C9H8N4O2S. The molecular weight excluding hydrogens is 228 g/mol. The number of rotatable bonds is 2. The van der Waals surface area contributed by atoms with E-state index in [1.54, 1.807) is 18.6 Å². The van der Waals surface area contributed by atoms with Gasteiger partial charge in [0.2, 0.25) is 0 Å². The van der Waals surface area contributed by atoms with Gasteiger partial charge in [-0.15, -0.1) is 11.3 Å². The minimum absolute atomic E-state index is 0.0246. The van der Waals surface area contributed by atoms with Crippen molar-refractivity contribution in [2.75, 3.05) is 5.73 Å². The van der Waals surface area contributed by atoms with Crippen molar-refractivity contribution in [3.63, 3.8) is 0 Å². The molecule has 2 heterocycles. The van der Waals surface area contributed by atoms with Crippen molar-refractivity contribution in [3.8, 4) is 10.7 Å². The van der Waals surface area contributed by atoms with E-state index in [4.69, 9.17) is 10.8 Å². The highest BCUT2D eigenvalue weighted by Crippen LogP contribution is 2.22. The molecule has 0 atom stereocenters. The van der Waals surface area contributed by atoms with E-state index in [2.05, 4.69) is 15.0 Å². The number of aromatic carboxylic acids is 1. The first-order chi connectivity index (χ1) is 7.59. The molecule has 0 fully saturated rings. The van der Waals surface area contributed by atoms with E-state index < -0.39 is 5.97 Å². The molecule has 0 aliphatic heterocycles. The third kappa shape index (κ3) is 1.72. The third-order valence-corrected chi connectivity index (χ3v) is 2.75. The summed E-state index contributed by atoms with van der Waals surface area (Å²) in [7, 11) is 0. The van der Waals surface area contributed by atoms with Gasteiger partial charge in [-0.25, -0.2) is 14.8 Å². The summed E-state index contributed by atoms with van der Waals surface area (Å²) in [5.74, 6) is -0.739. The van der Waals surface area contributed by atoms with E-state index in [0.717, 1.165) is 4.88 Å². The Kier molecular flexibility index (Phi) is 2.53. The zero-order chi connectivity index (χ0) is 11.7. The molecule has 3 N–H and O–H groups in total. The molecule has 0 saturated carbocycles. The predicted molar refractivity (Wildman–Crippen MR) is 59.2 cm³/mol. The van der Waals surface area contributed by atoms with Crippen LogP contribution in [0.3, 0.4) is 0 Å². The number of nitrogen functional groups attached to an aromatic ring is 1. The lowest BCUT2D eigenvalue weighted by Gasteiger charge is -2.05. The van der Waals surface area contributed by atoms with Crippen molar-refractivity contribution < 1.29 is 9.90 Å². The molecule has 2 aromatic heterocycles. The monoisotopic (exact) mass is 236 g/mol. The van der Waals surface area contributed by atoms with Gasteiger partial charge >= 0.3 is 5.97 Å². The normalized spacial score (nSPS) is 10.3. The molecule has 16 heavy (non-hydrogen) atoms. The minimum Gasteiger partial charge on any atom is -0.477 e. The maximum Gasteiger partial charge on any atom is 0.341 e. The molecule has 0 amide bonds. The Morgan fingerprint density at radius 3 is 2.75 bits per heavy atom. The molecule has 0 bridgehead atoms. The quantitative estimate of drug-likeness (QED) is 0.811. The number of thiazole rings is 1.